The first-order chi connectivity index (χ1) is 9.62. The normalized spacial score (nSPS) is 26.9. The van der Waals surface area contributed by atoms with Gasteiger partial charge in [-0.2, -0.15) is 11.8 Å². The maximum atomic E-state index is 11.4. The van der Waals surface area contributed by atoms with E-state index < -0.39 is 5.97 Å². The minimum atomic E-state index is -0.583. The van der Waals surface area contributed by atoms with Crippen LogP contribution in [-0.2, 0) is 4.79 Å². The summed E-state index contributed by atoms with van der Waals surface area (Å²) >= 11 is 1.90. The van der Waals surface area contributed by atoms with Crippen LogP contribution in [0.15, 0.2) is 0 Å². The lowest BCUT2D eigenvalue weighted by atomic mass is 9.80. The molecule has 20 heavy (non-hydrogen) atoms. The lowest BCUT2D eigenvalue weighted by molar-refractivity contribution is -0.142. The molecule has 0 aromatic rings. The van der Waals surface area contributed by atoms with Crippen molar-refractivity contribution in [2.75, 3.05) is 25.4 Å². The molecule has 1 rings (SSSR count). The molecule has 1 aliphatic rings. The van der Waals surface area contributed by atoms with Crippen LogP contribution < -0.4 is 0 Å². The van der Waals surface area contributed by atoms with Gasteiger partial charge in [0.15, 0.2) is 0 Å². The molecule has 3 unspecified atom stereocenters. The molecular formula is C16H31NO2S. The first-order valence-electron chi connectivity index (χ1n) is 8.19. The van der Waals surface area contributed by atoms with Crippen molar-refractivity contribution < 1.29 is 9.90 Å². The van der Waals surface area contributed by atoms with Gasteiger partial charge in [0.25, 0.3) is 0 Å². The molecule has 0 heterocycles. The molecule has 0 radical (unpaired) electrons. The van der Waals surface area contributed by atoms with Crippen molar-refractivity contribution >= 4 is 17.7 Å². The van der Waals surface area contributed by atoms with Gasteiger partial charge in [0.1, 0.15) is 0 Å². The van der Waals surface area contributed by atoms with Gasteiger partial charge in [0.05, 0.1) is 5.92 Å². The zero-order valence-electron chi connectivity index (χ0n) is 13.3. The molecule has 1 fully saturated rings. The van der Waals surface area contributed by atoms with Crippen LogP contribution in [0.1, 0.15) is 52.9 Å². The molecule has 0 aromatic heterocycles. The number of hydrogen-bond donors (Lipinski definition) is 1. The molecule has 0 aliphatic heterocycles. The molecule has 118 valence electrons. The smallest absolute Gasteiger partial charge is 0.307 e. The third kappa shape index (κ3) is 5.65. The lowest BCUT2D eigenvalue weighted by Crippen LogP contribution is -2.34. The number of hydrogen-bond acceptors (Lipinski definition) is 3. The van der Waals surface area contributed by atoms with Crippen molar-refractivity contribution in [2.45, 2.75) is 58.1 Å². The largest absolute Gasteiger partial charge is 0.481 e. The first kappa shape index (κ1) is 17.8. The minimum absolute atomic E-state index is 0.121. The van der Waals surface area contributed by atoms with Gasteiger partial charge in [0.2, 0.25) is 0 Å². The number of carboxylic acid groups (broad SMARTS) is 1. The predicted octanol–water partition coefficient (Wildman–Crippen LogP) is 3.73. The van der Waals surface area contributed by atoms with E-state index in [9.17, 15) is 9.90 Å². The zero-order valence-corrected chi connectivity index (χ0v) is 14.1. The molecule has 1 N–H and O–H groups in total. The highest BCUT2D eigenvalue weighted by atomic mass is 32.2. The molecule has 0 aromatic carbocycles. The van der Waals surface area contributed by atoms with Crippen molar-refractivity contribution in [1.82, 2.24) is 4.90 Å². The molecule has 1 saturated carbocycles. The summed E-state index contributed by atoms with van der Waals surface area (Å²) < 4.78 is 0. The minimum Gasteiger partial charge on any atom is -0.481 e. The average Bonchev–Trinajstić information content (AvgIpc) is 2.44. The number of aliphatic carboxylic acids is 1. The number of thioether (sulfide) groups is 1. The second kappa shape index (κ2) is 9.67. The third-order valence-electron chi connectivity index (χ3n) is 4.55. The Labute approximate surface area is 128 Å². The van der Waals surface area contributed by atoms with Crippen LogP contribution in [0.25, 0.3) is 0 Å². The maximum Gasteiger partial charge on any atom is 0.307 e. The molecule has 0 bridgehead atoms. The van der Waals surface area contributed by atoms with Gasteiger partial charge in [-0.3, -0.25) is 4.79 Å². The van der Waals surface area contributed by atoms with E-state index in [0.29, 0.717) is 5.25 Å². The van der Waals surface area contributed by atoms with Gasteiger partial charge < -0.3 is 10.0 Å². The van der Waals surface area contributed by atoms with Crippen LogP contribution >= 0.6 is 11.8 Å². The fraction of sp³-hybridized carbons (Fsp3) is 0.938. The number of carbonyl (C=O) groups is 1. The molecule has 1 aliphatic carbocycles. The van der Waals surface area contributed by atoms with Crippen LogP contribution in [0.4, 0.5) is 0 Å². The Morgan fingerprint density at radius 3 is 2.50 bits per heavy atom. The van der Waals surface area contributed by atoms with E-state index >= 15 is 0 Å². The Bertz CT molecular complexity index is 282. The van der Waals surface area contributed by atoms with E-state index in [0.717, 1.165) is 50.6 Å². The highest BCUT2D eigenvalue weighted by Gasteiger charge is 2.34. The number of nitrogens with zero attached hydrogens (tertiary/aromatic N) is 1. The Morgan fingerprint density at radius 2 is 1.95 bits per heavy atom. The summed E-state index contributed by atoms with van der Waals surface area (Å²) in [4.78, 5) is 13.8. The molecule has 3 nitrogen and oxygen atoms in total. The van der Waals surface area contributed by atoms with Crippen LogP contribution in [0.3, 0.4) is 0 Å². The lowest BCUT2D eigenvalue weighted by Gasteiger charge is -2.34. The van der Waals surface area contributed by atoms with Crippen LogP contribution in [0.2, 0.25) is 0 Å². The van der Waals surface area contributed by atoms with E-state index in [4.69, 9.17) is 0 Å². The van der Waals surface area contributed by atoms with Crippen molar-refractivity contribution in [3.8, 4) is 0 Å². The molecule has 0 amide bonds. The van der Waals surface area contributed by atoms with Crippen molar-refractivity contribution in [3.63, 3.8) is 0 Å². The average molecular weight is 301 g/mol. The zero-order chi connectivity index (χ0) is 15.0. The van der Waals surface area contributed by atoms with Gasteiger partial charge in [-0.25, -0.2) is 0 Å². The number of rotatable bonds is 9. The standard InChI is InChI=1S/C16H31NO2S/c1-4-7-13-8-9-14(16(18)19)15(12-13)20-11-10-17(5-2)6-3/h13-15H,4-12H2,1-3H3,(H,18,19). The van der Waals surface area contributed by atoms with E-state index in [1.54, 1.807) is 0 Å². The van der Waals surface area contributed by atoms with Gasteiger partial charge in [-0.15, -0.1) is 0 Å². The van der Waals surface area contributed by atoms with E-state index in [1.165, 1.54) is 12.8 Å². The summed E-state index contributed by atoms with van der Waals surface area (Å²) in [6.07, 6.45) is 5.58. The molecule has 4 heteroatoms. The van der Waals surface area contributed by atoms with Gasteiger partial charge in [-0.05, 0) is 38.3 Å². The highest BCUT2D eigenvalue weighted by molar-refractivity contribution is 7.99. The number of carboxylic acids is 1. The van der Waals surface area contributed by atoms with E-state index in [1.807, 2.05) is 11.8 Å². The molecule has 0 saturated heterocycles. The van der Waals surface area contributed by atoms with E-state index in [2.05, 4.69) is 25.7 Å². The summed E-state index contributed by atoms with van der Waals surface area (Å²) in [5.41, 5.74) is 0. The fourth-order valence-electron chi connectivity index (χ4n) is 3.22. The highest BCUT2D eigenvalue weighted by Crippen LogP contribution is 2.38. The second-order valence-corrected chi connectivity index (χ2v) is 7.20. The summed E-state index contributed by atoms with van der Waals surface area (Å²) in [5.74, 6) is 1.11. The Morgan fingerprint density at radius 1 is 1.25 bits per heavy atom. The molecule has 0 spiro atoms. The van der Waals surface area contributed by atoms with Crippen molar-refractivity contribution in [1.29, 1.82) is 0 Å². The van der Waals surface area contributed by atoms with Gasteiger partial charge in [0, 0.05) is 17.5 Å². The van der Waals surface area contributed by atoms with Gasteiger partial charge in [-0.1, -0.05) is 33.6 Å². The topological polar surface area (TPSA) is 40.5 Å². The predicted molar refractivity (Wildman–Crippen MR) is 87.4 cm³/mol. The summed E-state index contributed by atoms with van der Waals surface area (Å²) in [7, 11) is 0. The van der Waals surface area contributed by atoms with Crippen LogP contribution in [0.5, 0.6) is 0 Å². The van der Waals surface area contributed by atoms with Gasteiger partial charge >= 0.3 is 5.97 Å². The fourth-order valence-corrected chi connectivity index (χ4v) is 4.78. The van der Waals surface area contributed by atoms with Crippen molar-refractivity contribution in [3.05, 3.63) is 0 Å². The summed E-state index contributed by atoms with van der Waals surface area (Å²) in [6, 6.07) is 0. The molecule has 3 atom stereocenters. The second-order valence-electron chi connectivity index (χ2n) is 5.85. The maximum absolute atomic E-state index is 11.4. The van der Waals surface area contributed by atoms with Crippen molar-refractivity contribution in [2.24, 2.45) is 11.8 Å². The monoisotopic (exact) mass is 301 g/mol. The third-order valence-corrected chi connectivity index (χ3v) is 5.92. The van der Waals surface area contributed by atoms with Crippen LogP contribution in [-0.4, -0.2) is 46.6 Å². The quantitative estimate of drug-likeness (QED) is 0.704. The Balaban J connectivity index is 2.45. The summed E-state index contributed by atoms with van der Waals surface area (Å²) in [5, 5.41) is 9.73. The first-order valence-corrected chi connectivity index (χ1v) is 9.23. The summed E-state index contributed by atoms with van der Waals surface area (Å²) in [6.45, 7) is 9.86. The van der Waals surface area contributed by atoms with E-state index in [-0.39, 0.29) is 5.92 Å². The Kier molecular flexibility index (Phi) is 8.62. The Hall–Kier alpha value is -0.220. The molecular weight excluding hydrogens is 270 g/mol. The SMILES string of the molecule is CCCC1CCC(C(=O)O)C(SCCN(CC)CC)C1. The van der Waals surface area contributed by atoms with Crippen LogP contribution in [0, 0.1) is 11.8 Å².